The van der Waals surface area contributed by atoms with Crippen LogP contribution in [0.3, 0.4) is 0 Å². The molecule has 1 aromatic heterocycles. The smallest absolute Gasteiger partial charge is 0.255 e. The van der Waals surface area contributed by atoms with Gasteiger partial charge in [-0.25, -0.2) is 4.21 Å². The molecule has 0 saturated heterocycles. The second-order valence-electron chi connectivity index (χ2n) is 6.59. The minimum atomic E-state index is -2.28. The first-order chi connectivity index (χ1) is 15.4. The zero-order valence-corrected chi connectivity index (χ0v) is 17.6. The number of ether oxygens (including phenoxy) is 1. The van der Waals surface area contributed by atoms with E-state index in [0.29, 0.717) is 36.4 Å². The minimum absolute atomic E-state index is 0.0311. The van der Waals surface area contributed by atoms with Gasteiger partial charge in [0.05, 0.1) is 11.5 Å². The Morgan fingerprint density at radius 3 is 2.41 bits per heavy atom. The van der Waals surface area contributed by atoms with Crippen LogP contribution < -0.4 is 27.3 Å². The maximum atomic E-state index is 12.4. The minimum Gasteiger partial charge on any atom is -0.494 e. The standard InChI is InChI=1S/C20H21FN6O4S/c21-31-32(29)15-4-1-3-12(11-15)19(28)25-13-6-8-14(9-7-13)30-10-2-5-16-17(22)26-20(24)27-18(16)23/h1,3-4,6-9,11H,2,5,10H2,(H,25,28)(H6,22,23,24,26,27). The van der Waals surface area contributed by atoms with Gasteiger partial charge in [-0.2, -0.15) is 9.97 Å². The molecule has 0 saturated carbocycles. The molecule has 1 amide bonds. The Morgan fingerprint density at radius 1 is 1.06 bits per heavy atom. The second kappa shape index (κ2) is 10.5. The lowest BCUT2D eigenvalue weighted by atomic mass is 10.1. The number of nitrogens with one attached hydrogen (secondary N) is 1. The molecule has 1 heterocycles. The van der Waals surface area contributed by atoms with Gasteiger partial charge >= 0.3 is 0 Å². The van der Waals surface area contributed by atoms with Crippen molar-refractivity contribution < 1.29 is 22.7 Å². The predicted octanol–water partition coefficient (Wildman–Crippen LogP) is 2.41. The molecular weight excluding hydrogens is 439 g/mol. The number of halogens is 1. The molecule has 2 aromatic carbocycles. The van der Waals surface area contributed by atoms with Gasteiger partial charge in [-0.3, -0.25) is 4.79 Å². The molecule has 0 aliphatic rings. The SMILES string of the molecule is Nc1nc(N)c(CCCOc2ccc(NC(=O)c3cccc(S(=O)OF)c3)cc2)c(N)n1. The van der Waals surface area contributed by atoms with E-state index in [0.717, 1.165) is 0 Å². The van der Waals surface area contributed by atoms with Crippen LogP contribution in [0.15, 0.2) is 53.4 Å². The van der Waals surface area contributed by atoms with Crippen LogP contribution in [0.1, 0.15) is 22.3 Å². The lowest BCUT2D eigenvalue weighted by molar-refractivity contribution is 0.0125. The molecule has 0 bridgehead atoms. The van der Waals surface area contributed by atoms with Gasteiger partial charge in [0.2, 0.25) is 17.0 Å². The van der Waals surface area contributed by atoms with Crippen LogP contribution >= 0.6 is 0 Å². The summed E-state index contributed by atoms with van der Waals surface area (Å²) in [6, 6.07) is 12.4. The van der Waals surface area contributed by atoms with Crippen LogP contribution in [0.25, 0.3) is 0 Å². The summed E-state index contributed by atoms with van der Waals surface area (Å²) in [4.78, 5) is 20.2. The van der Waals surface area contributed by atoms with Crippen molar-refractivity contribution in [1.82, 2.24) is 9.97 Å². The van der Waals surface area contributed by atoms with Crippen LogP contribution in [0, 0.1) is 0 Å². The number of aromatic nitrogens is 2. The fourth-order valence-corrected chi connectivity index (χ4v) is 3.33. The van der Waals surface area contributed by atoms with E-state index in [2.05, 4.69) is 19.7 Å². The molecule has 0 radical (unpaired) electrons. The van der Waals surface area contributed by atoms with Crippen molar-refractivity contribution in [3.8, 4) is 5.75 Å². The second-order valence-corrected chi connectivity index (χ2v) is 7.65. The van der Waals surface area contributed by atoms with Crippen molar-refractivity contribution in [2.45, 2.75) is 17.7 Å². The van der Waals surface area contributed by atoms with Gasteiger partial charge in [0.1, 0.15) is 17.4 Å². The summed E-state index contributed by atoms with van der Waals surface area (Å²) in [5.41, 5.74) is 18.5. The third kappa shape index (κ3) is 5.89. The van der Waals surface area contributed by atoms with Crippen LogP contribution in [0.5, 0.6) is 5.75 Å². The molecule has 0 spiro atoms. The summed E-state index contributed by atoms with van der Waals surface area (Å²) in [6.45, 7) is 0.398. The Labute approximate surface area is 185 Å². The number of nitrogens with two attached hydrogens (primary N) is 3. The van der Waals surface area contributed by atoms with E-state index in [1.807, 2.05) is 0 Å². The van der Waals surface area contributed by atoms with Crippen LogP contribution in [-0.4, -0.2) is 26.7 Å². The lowest BCUT2D eigenvalue weighted by Gasteiger charge is -2.10. The Hall–Kier alpha value is -3.77. The van der Waals surface area contributed by atoms with E-state index in [1.54, 1.807) is 24.3 Å². The van der Waals surface area contributed by atoms with Gasteiger partial charge in [0.15, 0.2) is 0 Å². The molecule has 3 rings (SSSR count). The van der Waals surface area contributed by atoms with Crippen molar-refractivity contribution in [3.05, 3.63) is 59.7 Å². The third-order valence-corrected chi connectivity index (χ3v) is 5.14. The van der Waals surface area contributed by atoms with Gasteiger partial charge in [-0.1, -0.05) is 10.5 Å². The molecule has 10 nitrogen and oxygen atoms in total. The molecule has 168 valence electrons. The predicted molar refractivity (Wildman–Crippen MR) is 119 cm³/mol. The Balaban J connectivity index is 1.51. The summed E-state index contributed by atoms with van der Waals surface area (Å²) in [5, 5.41) is 2.70. The molecule has 0 aliphatic carbocycles. The summed E-state index contributed by atoms with van der Waals surface area (Å²) >= 11 is -2.28. The number of nitrogens with zero attached hydrogens (tertiary/aromatic N) is 2. The third-order valence-electron chi connectivity index (χ3n) is 4.39. The number of nitrogen functional groups attached to an aromatic ring is 3. The molecule has 12 heteroatoms. The average Bonchev–Trinajstić information content (AvgIpc) is 2.78. The number of carbonyl (C=O) groups excluding carboxylic acids is 1. The molecule has 0 aliphatic heterocycles. The Morgan fingerprint density at radius 2 is 1.75 bits per heavy atom. The number of hydrogen-bond acceptors (Lipinski definition) is 9. The molecule has 3 aromatic rings. The fourth-order valence-electron chi connectivity index (χ4n) is 2.85. The number of benzene rings is 2. The average molecular weight is 460 g/mol. The van der Waals surface area contributed by atoms with Crippen LogP contribution in [0.4, 0.5) is 27.8 Å². The molecule has 1 unspecified atom stereocenters. The van der Waals surface area contributed by atoms with E-state index in [9.17, 15) is 13.5 Å². The van der Waals surface area contributed by atoms with Crippen molar-refractivity contribution in [2.24, 2.45) is 0 Å². The Kier molecular flexibility index (Phi) is 7.52. The fraction of sp³-hybridized carbons (Fsp3) is 0.150. The van der Waals surface area contributed by atoms with Crippen molar-refractivity contribution in [2.75, 3.05) is 29.1 Å². The number of hydrogen-bond donors (Lipinski definition) is 4. The number of rotatable bonds is 9. The molecule has 32 heavy (non-hydrogen) atoms. The van der Waals surface area contributed by atoms with Gasteiger partial charge in [-0.15, -0.1) is 0 Å². The monoisotopic (exact) mass is 460 g/mol. The largest absolute Gasteiger partial charge is 0.494 e. The van der Waals surface area contributed by atoms with Gasteiger partial charge in [0.25, 0.3) is 5.91 Å². The van der Waals surface area contributed by atoms with E-state index in [4.69, 9.17) is 21.9 Å². The summed E-state index contributed by atoms with van der Waals surface area (Å²) in [5.74, 6) is 0.698. The highest BCUT2D eigenvalue weighted by Gasteiger charge is 2.11. The quantitative estimate of drug-likeness (QED) is 0.350. The number of carbonyl (C=O) groups is 1. The zero-order chi connectivity index (χ0) is 23.1. The maximum absolute atomic E-state index is 12.4. The molecule has 7 N–H and O–H groups in total. The zero-order valence-electron chi connectivity index (χ0n) is 16.8. The Bertz CT molecular complexity index is 1110. The van der Waals surface area contributed by atoms with Crippen LogP contribution in [0.2, 0.25) is 0 Å². The van der Waals surface area contributed by atoms with E-state index >= 15 is 0 Å². The lowest BCUT2D eigenvalue weighted by Crippen LogP contribution is -2.12. The number of amides is 1. The first-order valence-corrected chi connectivity index (χ1v) is 10.5. The summed E-state index contributed by atoms with van der Waals surface area (Å²) in [7, 11) is 0. The van der Waals surface area contributed by atoms with E-state index in [1.165, 1.54) is 24.3 Å². The van der Waals surface area contributed by atoms with Crippen LogP contribution in [-0.2, 0) is 21.9 Å². The van der Waals surface area contributed by atoms with Crippen molar-refractivity contribution in [1.29, 1.82) is 0 Å². The van der Waals surface area contributed by atoms with Gasteiger partial charge in [0, 0.05) is 16.8 Å². The highest BCUT2D eigenvalue weighted by atomic mass is 32.2. The first-order valence-electron chi connectivity index (χ1n) is 9.40. The van der Waals surface area contributed by atoms with E-state index in [-0.39, 0.29) is 28.0 Å². The van der Waals surface area contributed by atoms with Crippen molar-refractivity contribution in [3.63, 3.8) is 0 Å². The number of anilines is 4. The molecular formula is C20H21FN6O4S. The van der Waals surface area contributed by atoms with Gasteiger partial charge < -0.3 is 27.3 Å². The molecule has 1 atom stereocenters. The highest BCUT2D eigenvalue weighted by Crippen LogP contribution is 2.20. The molecule has 0 fully saturated rings. The topological polar surface area (TPSA) is 168 Å². The summed E-state index contributed by atoms with van der Waals surface area (Å²) in [6.07, 6.45) is 1.16. The first kappa shape index (κ1) is 22.9. The maximum Gasteiger partial charge on any atom is 0.255 e. The summed E-state index contributed by atoms with van der Waals surface area (Å²) < 4.78 is 32.4. The van der Waals surface area contributed by atoms with Crippen molar-refractivity contribution >= 4 is 40.3 Å². The van der Waals surface area contributed by atoms with Gasteiger partial charge in [-0.05, 0) is 59.8 Å². The normalized spacial score (nSPS) is 11.7. The highest BCUT2D eigenvalue weighted by molar-refractivity contribution is 7.80. The van der Waals surface area contributed by atoms with E-state index < -0.39 is 17.0 Å².